The van der Waals surface area contributed by atoms with Gasteiger partial charge >= 0.3 is 0 Å². The van der Waals surface area contributed by atoms with Crippen LogP contribution in [0.4, 0.5) is 0 Å². The van der Waals surface area contributed by atoms with Crippen LogP contribution in [-0.4, -0.2) is 51.9 Å². The van der Waals surface area contributed by atoms with Crippen molar-refractivity contribution in [2.45, 2.75) is 18.9 Å². The minimum Gasteiger partial charge on any atom is -0.380 e. The zero-order chi connectivity index (χ0) is 18.6. The summed E-state index contributed by atoms with van der Waals surface area (Å²) >= 11 is 0. The van der Waals surface area contributed by atoms with E-state index in [1.165, 1.54) is 0 Å². The first kappa shape index (κ1) is 17.4. The highest BCUT2D eigenvalue weighted by molar-refractivity contribution is 5.93. The molecule has 1 aliphatic rings. The molecule has 0 bridgehead atoms. The van der Waals surface area contributed by atoms with Crippen LogP contribution in [0.15, 0.2) is 60.9 Å². The lowest BCUT2D eigenvalue weighted by Gasteiger charge is -2.31. The van der Waals surface area contributed by atoms with Crippen LogP contribution in [-0.2, 0) is 4.74 Å². The van der Waals surface area contributed by atoms with Gasteiger partial charge in [-0.2, -0.15) is 5.10 Å². The van der Waals surface area contributed by atoms with E-state index in [0.29, 0.717) is 12.2 Å². The highest BCUT2D eigenvalue weighted by Gasteiger charge is 2.27. The number of hydrogen-bond donors (Lipinski definition) is 0. The van der Waals surface area contributed by atoms with E-state index in [-0.39, 0.29) is 12.0 Å². The van der Waals surface area contributed by atoms with Gasteiger partial charge in [-0.1, -0.05) is 18.2 Å². The number of nitrogens with zero attached hydrogens (tertiary/aromatic N) is 4. The molecule has 1 saturated heterocycles. The minimum atomic E-state index is -0.0587. The van der Waals surface area contributed by atoms with E-state index in [4.69, 9.17) is 4.74 Å². The number of ether oxygens (including phenoxy) is 1. The topological polar surface area (TPSA) is 60.2 Å². The number of carbonyl (C=O) groups is 1. The lowest BCUT2D eigenvalue weighted by molar-refractivity contribution is 0.0265. The molecule has 1 aliphatic heterocycles. The van der Waals surface area contributed by atoms with Crippen molar-refractivity contribution in [3.63, 3.8) is 0 Å². The Balaban J connectivity index is 1.72. The van der Waals surface area contributed by atoms with E-state index in [2.05, 4.69) is 10.1 Å². The average molecular weight is 362 g/mol. The van der Waals surface area contributed by atoms with Crippen molar-refractivity contribution in [2.75, 3.05) is 20.2 Å². The third kappa shape index (κ3) is 3.61. The smallest absolute Gasteiger partial charge is 0.274 e. The summed E-state index contributed by atoms with van der Waals surface area (Å²) in [6.07, 6.45) is 5.54. The molecule has 6 nitrogen and oxygen atoms in total. The van der Waals surface area contributed by atoms with E-state index in [0.717, 1.165) is 36.3 Å². The van der Waals surface area contributed by atoms with Gasteiger partial charge in [-0.15, -0.1) is 0 Å². The van der Waals surface area contributed by atoms with E-state index >= 15 is 0 Å². The number of hydrogen-bond acceptors (Lipinski definition) is 4. The summed E-state index contributed by atoms with van der Waals surface area (Å²) in [7, 11) is 1.70. The van der Waals surface area contributed by atoms with Crippen LogP contribution in [0, 0.1) is 0 Å². The Bertz CT molecular complexity index is 851. The summed E-state index contributed by atoms with van der Waals surface area (Å²) in [5.74, 6) is -0.0587. The number of benzene rings is 1. The van der Waals surface area contributed by atoms with Crippen LogP contribution >= 0.6 is 0 Å². The number of likely N-dealkylation sites (tertiary alicyclic amines) is 1. The van der Waals surface area contributed by atoms with E-state index in [1.54, 1.807) is 19.5 Å². The summed E-state index contributed by atoms with van der Waals surface area (Å²) in [6, 6.07) is 15.5. The molecular weight excluding hydrogens is 340 g/mol. The predicted molar refractivity (Wildman–Crippen MR) is 103 cm³/mol. The maximum absolute atomic E-state index is 13.1. The van der Waals surface area contributed by atoms with Crippen molar-refractivity contribution >= 4 is 5.91 Å². The van der Waals surface area contributed by atoms with Crippen molar-refractivity contribution in [1.82, 2.24) is 19.7 Å². The molecule has 138 valence electrons. The highest BCUT2D eigenvalue weighted by atomic mass is 16.5. The molecule has 2 aromatic heterocycles. The standard InChI is InChI=1S/C21H22N4O2/c1-27-18-10-6-12-24(15-18)21(26)19-13-20(16-7-5-11-22-14-16)25(23-19)17-8-3-2-4-9-17/h2-5,7-9,11,13-14,18H,6,10,12,15H2,1H3/t18-/m0/s1. The summed E-state index contributed by atoms with van der Waals surface area (Å²) in [6.45, 7) is 1.34. The van der Waals surface area contributed by atoms with Gasteiger partial charge in [0.05, 0.1) is 17.5 Å². The largest absolute Gasteiger partial charge is 0.380 e. The van der Waals surface area contributed by atoms with Gasteiger partial charge in [0.15, 0.2) is 5.69 Å². The number of carbonyl (C=O) groups excluding carboxylic acids is 1. The Labute approximate surface area is 158 Å². The fourth-order valence-electron chi connectivity index (χ4n) is 3.45. The number of pyridine rings is 1. The highest BCUT2D eigenvalue weighted by Crippen LogP contribution is 2.25. The Morgan fingerprint density at radius 3 is 2.78 bits per heavy atom. The molecule has 1 fully saturated rings. The third-order valence-electron chi connectivity index (χ3n) is 4.89. The van der Waals surface area contributed by atoms with Crippen molar-refractivity contribution < 1.29 is 9.53 Å². The molecule has 1 amide bonds. The Hall–Kier alpha value is -2.99. The number of methoxy groups -OCH3 is 1. The van der Waals surface area contributed by atoms with Gasteiger partial charge in [-0.3, -0.25) is 9.78 Å². The molecule has 0 radical (unpaired) electrons. The lowest BCUT2D eigenvalue weighted by Crippen LogP contribution is -2.43. The van der Waals surface area contributed by atoms with Crippen molar-refractivity contribution in [3.05, 3.63) is 66.6 Å². The SMILES string of the molecule is CO[C@H]1CCCN(C(=O)c2cc(-c3cccnc3)n(-c3ccccc3)n2)C1. The van der Waals surface area contributed by atoms with Gasteiger partial charge in [-0.05, 0) is 43.2 Å². The zero-order valence-corrected chi connectivity index (χ0v) is 15.3. The molecule has 0 unspecified atom stereocenters. The van der Waals surface area contributed by atoms with Gasteiger partial charge in [0, 0.05) is 38.2 Å². The normalized spacial score (nSPS) is 17.1. The van der Waals surface area contributed by atoms with Crippen LogP contribution in [0.1, 0.15) is 23.3 Å². The first-order valence-corrected chi connectivity index (χ1v) is 9.14. The predicted octanol–water partition coefficient (Wildman–Crippen LogP) is 3.19. The van der Waals surface area contributed by atoms with Gasteiger partial charge in [0.1, 0.15) is 0 Å². The van der Waals surface area contributed by atoms with Crippen LogP contribution in [0.2, 0.25) is 0 Å². The molecule has 1 aromatic carbocycles. The number of piperidine rings is 1. The number of amides is 1. The van der Waals surface area contributed by atoms with Crippen LogP contribution in [0.5, 0.6) is 0 Å². The van der Waals surface area contributed by atoms with Crippen LogP contribution < -0.4 is 0 Å². The molecule has 0 spiro atoms. The second-order valence-electron chi connectivity index (χ2n) is 6.65. The van der Waals surface area contributed by atoms with Crippen LogP contribution in [0.3, 0.4) is 0 Å². The fourth-order valence-corrected chi connectivity index (χ4v) is 3.45. The number of rotatable bonds is 4. The second kappa shape index (κ2) is 7.72. The number of aromatic nitrogens is 3. The summed E-state index contributed by atoms with van der Waals surface area (Å²) in [5.41, 5.74) is 3.11. The molecule has 27 heavy (non-hydrogen) atoms. The second-order valence-corrected chi connectivity index (χ2v) is 6.65. The van der Waals surface area contributed by atoms with E-state index in [9.17, 15) is 4.79 Å². The van der Waals surface area contributed by atoms with Crippen molar-refractivity contribution in [1.29, 1.82) is 0 Å². The van der Waals surface area contributed by atoms with E-state index in [1.807, 2.05) is 58.1 Å². The molecule has 0 aliphatic carbocycles. The van der Waals surface area contributed by atoms with Gasteiger partial charge < -0.3 is 9.64 Å². The lowest BCUT2D eigenvalue weighted by atomic mass is 10.1. The molecule has 0 N–H and O–H groups in total. The maximum atomic E-state index is 13.1. The first-order valence-electron chi connectivity index (χ1n) is 9.14. The summed E-state index contributed by atoms with van der Waals surface area (Å²) < 4.78 is 7.25. The zero-order valence-electron chi connectivity index (χ0n) is 15.3. The molecule has 4 rings (SSSR count). The third-order valence-corrected chi connectivity index (χ3v) is 4.89. The van der Waals surface area contributed by atoms with Crippen LogP contribution in [0.25, 0.3) is 16.9 Å². The van der Waals surface area contributed by atoms with Crippen molar-refractivity contribution in [3.8, 4) is 16.9 Å². The Kier molecular flexibility index (Phi) is 4.98. The first-order chi connectivity index (χ1) is 13.3. The van der Waals surface area contributed by atoms with E-state index < -0.39 is 0 Å². The number of para-hydroxylation sites is 1. The summed E-state index contributed by atoms with van der Waals surface area (Å²) in [5, 5.41) is 4.64. The Morgan fingerprint density at radius 2 is 2.04 bits per heavy atom. The fraction of sp³-hybridized carbons (Fsp3) is 0.286. The molecule has 0 saturated carbocycles. The molecule has 3 heterocycles. The molecule has 3 aromatic rings. The molecule has 1 atom stereocenters. The summed E-state index contributed by atoms with van der Waals surface area (Å²) in [4.78, 5) is 19.1. The maximum Gasteiger partial charge on any atom is 0.274 e. The van der Waals surface area contributed by atoms with Crippen molar-refractivity contribution in [2.24, 2.45) is 0 Å². The Morgan fingerprint density at radius 1 is 1.19 bits per heavy atom. The average Bonchev–Trinajstić information content (AvgIpc) is 3.20. The van der Waals surface area contributed by atoms with Gasteiger partial charge in [0.25, 0.3) is 5.91 Å². The molecule has 6 heteroatoms. The molecular formula is C21H22N4O2. The van der Waals surface area contributed by atoms with Gasteiger partial charge in [0.2, 0.25) is 0 Å². The quantitative estimate of drug-likeness (QED) is 0.715. The monoisotopic (exact) mass is 362 g/mol. The van der Waals surface area contributed by atoms with Gasteiger partial charge in [-0.25, -0.2) is 4.68 Å². The minimum absolute atomic E-state index is 0.0587.